The van der Waals surface area contributed by atoms with E-state index in [1.807, 2.05) is 12.3 Å². The average Bonchev–Trinajstić information content (AvgIpc) is 2.05. The number of hydrogen-bond donors (Lipinski definition) is 0. The lowest BCUT2D eigenvalue weighted by Crippen LogP contribution is -2.14. The van der Waals surface area contributed by atoms with Gasteiger partial charge in [0.15, 0.2) is 5.44 Å². The molecule has 0 fully saturated rings. The Morgan fingerprint density at radius 3 is 2.77 bits per heavy atom. The van der Waals surface area contributed by atoms with Crippen LogP contribution in [-0.4, -0.2) is 11.4 Å². The molecule has 0 aliphatic heterocycles. The fraction of sp³-hybridized carbons (Fsp3) is 0.556. The zero-order chi connectivity index (χ0) is 10.3. The first-order valence-corrected chi connectivity index (χ1v) is 4.91. The van der Waals surface area contributed by atoms with Crippen LogP contribution in [0.25, 0.3) is 0 Å². The molecule has 0 saturated heterocycles. The molecule has 3 nitrogen and oxygen atoms in total. The minimum absolute atomic E-state index is 0.361. The second-order valence-electron chi connectivity index (χ2n) is 2.61. The van der Waals surface area contributed by atoms with Gasteiger partial charge in [0, 0.05) is 5.57 Å². The van der Waals surface area contributed by atoms with Crippen LogP contribution in [0.3, 0.4) is 0 Å². The van der Waals surface area contributed by atoms with Crippen LogP contribution < -0.4 is 0 Å². The van der Waals surface area contributed by atoms with Gasteiger partial charge < -0.3 is 4.74 Å². The number of nitrogens with zero attached hydrogens (tertiary/aromatic N) is 1. The Morgan fingerprint density at radius 1 is 1.77 bits per heavy atom. The van der Waals surface area contributed by atoms with Crippen molar-refractivity contribution in [2.75, 3.05) is 0 Å². The van der Waals surface area contributed by atoms with Crippen molar-refractivity contribution in [2.45, 2.75) is 32.1 Å². The molecule has 1 atom stereocenters. The lowest BCUT2D eigenvalue weighted by atomic mass is 10.3. The van der Waals surface area contributed by atoms with Crippen molar-refractivity contribution < 1.29 is 9.53 Å². The van der Waals surface area contributed by atoms with Crippen LogP contribution >= 0.6 is 11.8 Å². The van der Waals surface area contributed by atoms with E-state index < -0.39 is 5.97 Å². The number of ether oxygens (including phenoxy) is 1. The van der Waals surface area contributed by atoms with E-state index in [9.17, 15) is 4.79 Å². The van der Waals surface area contributed by atoms with Gasteiger partial charge in [-0.05, 0) is 25.1 Å². The monoisotopic (exact) mass is 199 g/mol. The average molecular weight is 199 g/mol. The largest absolute Gasteiger partial charge is 0.447 e. The molecule has 0 radical (unpaired) electrons. The van der Waals surface area contributed by atoms with Gasteiger partial charge in [0.05, 0.1) is 0 Å². The first kappa shape index (κ1) is 12.0. The minimum atomic E-state index is -0.429. The Bertz CT molecular complexity index is 232. The Kier molecular flexibility index (Phi) is 6.07. The van der Waals surface area contributed by atoms with E-state index >= 15 is 0 Å². The second-order valence-corrected chi connectivity index (χ2v) is 3.56. The molecule has 0 aliphatic carbocycles. The number of nitriles is 1. The van der Waals surface area contributed by atoms with Crippen LogP contribution in [-0.2, 0) is 9.53 Å². The second kappa shape index (κ2) is 6.55. The van der Waals surface area contributed by atoms with Gasteiger partial charge in [-0.15, -0.1) is 0 Å². The van der Waals surface area contributed by atoms with E-state index in [1.165, 1.54) is 0 Å². The van der Waals surface area contributed by atoms with Gasteiger partial charge in [-0.3, -0.25) is 0 Å². The number of esters is 1. The zero-order valence-corrected chi connectivity index (χ0v) is 8.69. The van der Waals surface area contributed by atoms with Crippen molar-refractivity contribution in [2.24, 2.45) is 0 Å². The molecule has 4 heteroatoms. The highest BCUT2D eigenvalue weighted by atomic mass is 32.2. The molecule has 0 amide bonds. The van der Waals surface area contributed by atoms with Gasteiger partial charge in [-0.1, -0.05) is 19.9 Å². The topological polar surface area (TPSA) is 50.1 Å². The van der Waals surface area contributed by atoms with Crippen molar-refractivity contribution >= 4 is 17.7 Å². The maximum Gasteiger partial charge on any atom is 0.334 e. The molecular weight excluding hydrogens is 186 g/mol. The van der Waals surface area contributed by atoms with Crippen molar-refractivity contribution in [3.8, 4) is 5.40 Å². The molecule has 0 spiro atoms. The number of thioether (sulfide) groups is 1. The zero-order valence-electron chi connectivity index (χ0n) is 7.87. The molecule has 0 bridgehead atoms. The van der Waals surface area contributed by atoms with E-state index in [0.29, 0.717) is 12.0 Å². The lowest BCUT2D eigenvalue weighted by Gasteiger charge is -2.12. The van der Waals surface area contributed by atoms with Crippen molar-refractivity contribution in [3.05, 3.63) is 12.2 Å². The number of carbonyl (C=O) groups is 1. The maximum atomic E-state index is 11.1. The van der Waals surface area contributed by atoms with Crippen molar-refractivity contribution in [1.29, 1.82) is 5.26 Å². The predicted octanol–water partition coefficient (Wildman–Crippen LogP) is 2.45. The fourth-order valence-corrected chi connectivity index (χ4v) is 1.26. The number of thiocyanates is 1. The van der Waals surface area contributed by atoms with Crippen LogP contribution in [0.4, 0.5) is 0 Å². The molecule has 0 aromatic rings. The summed E-state index contributed by atoms with van der Waals surface area (Å²) in [7, 11) is 0. The molecule has 0 heterocycles. The molecule has 0 rings (SSSR count). The van der Waals surface area contributed by atoms with Crippen LogP contribution in [0, 0.1) is 10.7 Å². The van der Waals surface area contributed by atoms with Crippen LogP contribution in [0.2, 0.25) is 0 Å². The molecule has 0 N–H and O–H groups in total. The van der Waals surface area contributed by atoms with Crippen molar-refractivity contribution in [3.63, 3.8) is 0 Å². The van der Waals surface area contributed by atoms with E-state index in [4.69, 9.17) is 10.00 Å². The smallest absolute Gasteiger partial charge is 0.334 e. The molecule has 0 aliphatic rings. The number of carbonyl (C=O) groups excluding carboxylic acids is 1. The van der Waals surface area contributed by atoms with Gasteiger partial charge >= 0.3 is 5.97 Å². The molecule has 0 saturated carbocycles. The Balaban J connectivity index is 4.02. The van der Waals surface area contributed by atoms with Gasteiger partial charge in [0.2, 0.25) is 0 Å². The van der Waals surface area contributed by atoms with Crippen LogP contribution in [0.15, 0.2) is 12.2 Å². The molecule has 72 valence electrons. The molecule has 1 unspecified atom stereocenters. The standard InChI is InChI=1S/C9H13NO2S/c1-4-5-8(13-6-10)12-9(11)7(2)3/h8H,2,4-5H2,1,3H3. The Hall–Kier alpha value is -0.950. The van der Waals surface area contributed by atoms with Gasteiger partial charge in [-0.2, -0.15) is 5.26 Å². The third kappa shape index (κ3) is 5.31. The summed E-state index contributed by atoms with van der Waals surface area (Å²) in [5.74, 6) is -0.429. The van der Waals surface area contributed by atoms with E-state index in [0.717, 1.165) is 18.2 Å². The predicted molar refractivity (Wildman–Crippen MR) is 52.8 cm³/mol. The third-order valence-electron chi connectivity index (χ3n) is 1.30. The molecule has 0 aromatic heterocycles. The molecule has 13 heavy (non-hydrogen) atoms. The SMILES string of the molecule is C=C(C)C(=O)OC(CCC)SC#N. The van der Waals surface area contributed by atoms with Gasteiger partial charge in [-0.25, -0.2) is 4.79 Å². The Labute approximate surface area is 82.8 Å². The quantitative estimate of drug-likeness (QED) is 0.295. The normalized spacial score (nSPS) is 11.5. The van der Waals surface area contributed by atoms with Gasteiger partial charge in [0.25, 0.3) is 0 Å². The van der Waals surface area contributed by atoms with E-state index in [1.54, 1.807) is 6.92 Å². The van der Waals surface area contributed by atoms with Crippen molar-refractivity contribution in [1.82, 2.24) is 0 Å². The Morgan fingerprint density at radius 2 is 2.38 bits per heavy atom. The third-order valence-corrected chi connectivity index (χ3v) is 2.00. The highest BCUT2D eigenvalue weighted by Crippen LogP contribution is 2.17. The number of hydrogen-bond acceptors (Lipinski definition) is 4. The summed E-state index contributed by atoms with van der Waals surface area (Å²) >= 11 is 0.968. The van der Waals surface area contributed by atoms with Crippen LogP contribution in [0.5, 0.6) is 0 Å². The molecular formula is C9H13NO2S. The summed E-state index contributed by atoms with van der Waals surface area (Å²) in [6.07, 6.45) is 1.57. The summed E-state index contributed by atoms with van der Waals surface area (Å²) in [6, 6.07) is 0. The summed E-state index contributed by atoms with van der Waals surface area (Å²) in [6.45, 7) is 7.02. The highest BCUT2D eigenvalue weighted by Gasteiger charge is 2.14. The minimum Gasteiger partial charge on any atom is -0.447 e. The first-order chi connectivity index (χ1) is 6.11. The fourth-order valence-electron chi connectivity index (χ4n) is 0.656. The van der Waals surface area contributed by atoms with E-state index in [-0.39, 0.29) is 5.44 Å². The highest BCUT2D eigenvalue weighted by molar-refractivity contribution is 8.04. The molecule has 0 aromatic carbocycles. The van der Waals surface area contributed by atoms with E-state index in [2.05, 4.69) is 6.58 Å². The summed E-state index contributed by atoms with van der Waals surface area (Å²) in [5.41, 5.74) is -0.00107. The van der Waals surface area contributed by atoms with Gasteiger partial charge in [0.1, 0.15) is 5.40 Å². The van der Waals surface area contributed by atoms with Crippen LogP contribution in [0.1, 0.15) is 26.7 Å². The lowest BCUT2D eigenvalue weighted by molar-refractivity contribution is -0.140. The summed E-state index contributed by atoms with van der Waals surface area (Å²) in [4.78, 5) is 11.1. The summed E-state index contributed by atoms with van der Waals surface area (Å²) < 4.78 is 4.99. The number of rotatable bonds is 5. The first-order valence-electron chi connectivity index (χ1n) is 4.03. The maximum absolute atomic E-state index is 11.1. The summed E-state index contributed by atoms with van der Waals surface area (Å²) in [5, 5.41) is 10.3.